The Kier molecular flexibility index (Phi) is 3.94. The van der Waals surface area contributed by atoms with Gasteiger partial charge in [0.1, 0.15) is 6.10 Å². The van der Waals surface area contributed by atoms with Gasteiger partial charge >= 0.3 is 0 Å². The van der Waals surface area contributed by atoms with E-state index in [1.54, 1.807) is 0 Å². The molecule has 94 valence electrons. The van der Waals surface area contributed by atoms with E-state index in [0.717, 1.165) is 31.6 Å². The van der Waals surface area contributed by atoms with Crippen LogP contribution in [0.5, 0.6) is 0 Å². The fraction of sp³-hybridized carbons (Fsp3) is 0.692. The maximum atomic E-state index is 12.0. The third-order valence-corrected chi connectivity index (χ3v) is 3.09. The summed E-state index contributed by atoms with van der Waals surface area (Å²) in [6, 6.07) is 2.26. The van der Waals surface area contributed by atoms with Gasteiger partial charge in [0.05, 0.1) is 12.1 Å². The summed E-state index contributed by atoms with van der Waals surface area (Å²) in [4.78, 5) is 12.0. The normalized spacial score (nSPS) is 20.8. The number of aromatic nitrogens is 2. The number of hydrogen-bond donors (Lipinski definition) is 0. The number of carbonyl (C=O) groups excluding carboxylic acids is 1. The van der Waals surface area contributed by atoms with Gasteiger partial charge < -0.3 is 4.74 Å². The lowest BCUT2D eigenvalue weighted by Crippen LogP contribution is -2.29. The van der Waals surface area contributed by atoms with E-state index in [-0.39, 0.29) is 11.9 Å². The van der Waals surface area contributed by atoms with Gasteiger partial charge in [-0.1, -0.05) is 0 Å². The van der Waals surface area contributed by atoms with Gasteiger partial charge in [-0.3, -0.25) is 9.48 Å². The third-order valence-electron chi connectivity index (χ3n) is 3.09. The second-order valence-electron chi connectivity index (χ2n) is 4.88. The molecule has 4 nitrogen and oxygen atoms in total. The Morgan fingerprint density at radius 2 is 2.41 bits per heavy atom. The topological polar surface area (TPSA) is 44.1 Å². The summed E-state index contributed by atoms with van der Waals surface area (Å²) < 4.78 is 7.36. The zero-order chi connectivity index (χ0) is 12.3. The highest BCUT2D eigenvalue weighted by Gasteiger charge is 2.22. The fourth-order valence-corrected chi connectivity index (χ4v) is 2.05. The van der Waals surface area contributed by atoms with Crippen LogP contribution in [-0.4, -0.2) is 28.3 Å². The van der Waals surface area contributed by atoms with Crippen molar-refractivity contribution in [2.75, 3.05) is 6.61 Å². The van der Waals surface area contributed by atoms with Gasteiger partial charge in [0.25, 0.3) is 0 Å². The highest BCUT2D eigenvalue weighted by Crippen LogP contribution is 2.15. The van der Waals surface area contributed by atoms with Gasteiger partial charge in [0.15, 0.2) is 5.78 Å². The fourth-order valence-electron chi connectivity index (χ4n) is 2.05. The summed E-state index contributed by atoms with van der Waals surface area (Å²) in [5.41, 5.74) is 0.845. The van der Waals surface area contributed by atoms with Gasteiger partial charge in [-0.25, -0.2) is 0 Å². The lowest BCUT2D eigenvalue weighted by atomic mass is 10.0. The summed E-state index contributed by atoms with van der Waals surface area (Å²) in [6.45, 7) is 4.86. The molecule has 0 N–H and O–H groups in total. The molecule has 0 amide bonds. The molecular formula is C13H20N2O2. The first-order valence-corrected chi connectivity index (χ1v) is 6.35. The number of nitrogens with zero attached hydrogens (tertiary/aromatic N) is 2. The smallest absolute Gasteiger partial charge is 0.167 e. The van der Waals surface area contributed by atoms with E-state index in [4.69, 9.17) is 4.74 Å². The molecule has 0 spiro atoms. The Morgan fingerprint density at radius 3 is 3.00 bits per heavy atom. The standard InChI is InChI=1S/C13H20N2O2/c1-10(2)15-7-6-11(14-15)9-12(16)13-5-3-4-8-17-13/h6-7,10,13H,3-5,8-9H2,1-2H3. The average molecular weight is 236 g/mol. The van der Waals surface area contributed by atoms with E-state index in [9.17, 15) is 4.79 Å². The van der Waals surface area contributed by atoms with Crippen LogP contribution in [0.15, 0.2) is 12.3 Å². The summed E-state index contributed by atoms with van der Waals surface area (Å²) >= 11 is 0. The SMILES string of the molecule is CC(C)n1ccc(CC(=O)C2CCCCO2)n1. The molecule has 2 heterocycles. The lowest BCUT2D eigenvalue weighted by molar-refractivity contribution is -0.132. The molecule has 0 aliphatic carbocycles. The number of Topliss-reactive ketones (excluding diaryl/α,β-unsaturated/α-hetero) is 1. The van der Waals surface area contributed by atoms with E-state index in [1.807, 2.05) is 16.9 Å². The van der Waals surface area contributed by atoms with Crippen LogP contribution in [0, 0.1) is 0 Å². The van der Waals surface area contributed by atoms with Crippen LogP contribution in [0.3, 0.4) is 0 Å². The van der Waals surface area contributed by atoms with E-state index in [2.05, 4.69) is 18.9 Å². The minimum absolute atomic E-state index is 0.165. The largest absolute Gasteiger partial charge is 0.370 e. The quantitative estimate of drug-likeness (QED) is 0.804. The Labute approximate surface area is 102 Å². The van der Waals surface area contributed by atoms with E-state index in [1.165, 1.54) is 0 Å². The maximum absolute atomic E-state index is 12.0. The van der Waals surface area contributed by atoms with Crippen LogP contribution < -0.4 is 0 Å². The minimum atomic E-state index is -0.201. The number of ketones is 1. The zero-order valence-electron chi connectivity index (χ0n) is 10.6. The van der Waals surface area contributed by atoms with Crippen molar-refractivity contribution in [3.05, 3.63) is 18.0 Å². The van der Waals surface area contributed by atoms with E-state index < -0.39 is 0 Å². The van der Waals surface area contributed by atoms with Crippen molar-refractivity contribution >= 4 is 5.78 Å². The third kappa shape index (κ3) is 3.16. The summed E-state index contributed by atoms with van der Waals surface area (Å²) in [7, 11) is 0. The summed E-state index contributed by atoms with van der Waals surface area (Å²) in [5, 5.41) is 4.38. The van der Waals surface area contributed by atoms with Gasteiger partial charge in [-0.05, 0) is 39.2 Å². The van der Waals surface area contributed by atoms with Gasteiger partial charge in [0, 0.05) is 18.8 Å². The second-order valence-corrected chi connectivity index (χ2v) is 4.88. The predicted octanol–water partition coefficient (Wildman–Crippen LogP) is 2.14. The molecule has 4 heteroatoms. The molecule has 1 aliphatic heterocycles. The molecule has 1 unspecified atom stereocenters. The molecule has 0 aromatic carbocycles. The molecular weight excluding hydrogens is 216 g/mol. The summed E-state index contributed by atoms with van der Waals surface area (Å²) in [6.07, 6.45) is 5.15. The molecule has 0 bridgehead atoms. The van der Waals surface area contributed by atoms with Crippen molar-refractivity contribution in [2.45, 2.75) is 51.7 Å². The molecule has 1 aromatic rings. The Bertz CT molecular complexity index is 379. The predicted molar refractivity (Wildman–Crippen MR) is 64.9 cm³/mol. The molecule has 1 atom stereocenters. The molecule has 1 saturated heterocycles. The van der Waals surface area contributed by atoms with E-state index in [0.29, 0.717) is 12.5 Å². The number of hydrogen-bond acceptors (Lipinski definition) is 3. The highest BCUT2D eigenvalue weighted by atomic mass is 16.5. The van der Waals surface area contributed by atoms with Crippen molar-refractivity contribution in [2.24, 2.45) is 0 Å². The molecule has 17 heavy (non-hydrogen) atoms. The molecule has 0 radical (unpaired) electrons. The van der Waals surface area contributed by atoms with Crippen LogP contribution in [-0.2, 0) is 16.0 Å². The number of rotatable bonds is 4. The zero-order valence-corrected chi connectivity index (χ0v) is 10.6. The van der Waals surface area contributed by atoms with Crippen LogP contribution in [0.1, 0.15) is 44.8 Å². The molecule has 1 aromatic heterocycles. The average Bonchev–Trinajstić information content (AvgIpc) is 2.79. The number of ether oxygens (including phenoxy) is 1. The van der Waals surface area contributed by atoms with Crippen molar-refractivity contribution < 1.29 is 9.53 Å². The molecule has 0 saturated carbocycles. The first kappa shape index (κ1) is 12.3. The summed E-state index contributed by atoms with van der Waals surface area (Å²) in [5.74, 6) is 0.165. The second kappa shape index (κ2) is 5.45. The van der Waals surface area contributed by atoms with Gasteiger partial charge in [-0.2, -0.15) is 5.10 Å². The Balaban J connectivity index is 1.92. The van der Waals surface area contributed by atoms with Crippen LogP contribution >= 0.6 is 0 Å². The lowest BCUT2D eigenvalue weighted by Gasteiger charge is -2.20. The number of carbonyl (C=O) groups is 1. The minimum Gasteiger partial charge on any atom is -0.370 e. The van der Waals surface area contributed by atoms with Gasteiger partial charge in [-0.15, -0.1) is 0 Å². The Morgan fingerprint density at radius 1 is 1.59 bits per heavy atom. The van der Waals surface area contributed by atoms with Crippen LogP contribution in [0.4, 0.5) is 0 Å². The van der Waals surface area contributed by atoms with Crippen molar-refractivity contribution in [3.8, 4) is 0 Å². The van der Waals surface area contributed by atoms with Crippen molar-refractivity contribution in [3.63, 3.8) is 0 Å². The van der Waals surface area contributed by atoms with E-state index >= 15 is 0 Å². The molecule has 1 aliphatic rings. The first-order chi connectivity index (χ1) is 8.16. The Hall–Kier alpha value is -1.16. The van der Waals surface area contributed by atoms with Gasteiger partial charge in [0.2, 0.25) is 0 Å². The van der Waals surface area contributed by atoms with Crippen LogP contribution in [0.2, 0.25) is 0 Å². The molecule has 2 rings (SSSR count). The maximum Gasteiger partial charge on any atom is 0.167 e. The van der Waals surface area contributed by atoms with Crippen molar-refractivity contribution in [1.29, 1.82) is 0 Å². The monoisotopic (exact) mass is 236 g/mol. The highest BCUT2D eigenvalue weighted by molar-refractivity contribution is 5.84. The van der Waals surface area contributed by atoms with Crippen LogP contribution in [0.25, 0.3) is 0 Å². The van der Waals surface area contributed by atoms with Crippen molar-refractivity contribution in [1.82, 2.24) is 9.78 Å². The molecule has 1 fully saturated rings. The first-order valence-electron chi connectivity index (χ1n) is 6.35.